The molecular formula is C27H23F13O7. The average molecular weight is 706 g/mol. The number of benzene rings is 2. The van der Waals surface area contributed by atoms with Crippen LogP contribution in [0, 0.1) is 0 Å². The average Bonchev–Trinajstić information content (AvgIpc) is 2.98. The highest BCUT2D eigenvalue weighted by molar-refractivity contribution is 5.93. The van der Waals surface area contributed by atoms with Crippen molar-refractivity contribution in [2.75, 3.05) is 21.3 Å². The minimum atomic E-state index is -8.00. The number of ether oxygens (including phenoxy) is 3. The number of hydrogen-bond donors (Lipinski definition) is 2. The first kappa shape index (κ1) is 40.6. The zero-order valence-corrected chi connectivity index (χ0v) is 24.0. The highest BCUT2D eigenvalue weighted by Gasteiger charge is 2.90. The molecule has 0 aliphatic rings. The fraction of sp³-hybridized carbons (Fsp3) is 0.407. The number of halogens is 13. The summed E-state index contributed by atoms with van der Waals surface area (Å²) in [5, 5.41) is 17.4. The molecule has 7 nitrogen and oxygen atoms in total. The van der Waals surface area contributed by atoms with E-state index >= 15 is 0 Å². The maximum Gasteiger partial charge on any atom is 0.460 e. The van der Waals surface area contributed by atoms with Gasteiger partial charge in [-0.05, 0) is 35.4 Å². The lowest BCUT2D eigenvalue weighted by Gasteiger charge is -2.39. The molecule has 2 aromatic carbocycles. The first-order valence-electron chi connectivity index (χ1n) is 12.2. The molecule has 2 aromatic rings. The van der Waals surface area contributed by atoms with E-state index in [1.807, 2.05) is 25.1 Å². The van der Waals surface area contributed by atoms with E-state index in [1.54, 1.807) is 32.4 Å². The number of hydrogen-bond acceptors (Lipinski definition) is 5. The Labute approximate surface area is 256 Å². The maximum absolute atomic E-state index is 12.9. The minimum absolute atomic E-state index is 0.143. The third-order valence-electron chi connectivity index (χ3n) is 6.26. The summed E-state index contributed by atoms with van der Waals surface area (Å²) in [6.07, 6.45) is -9.97. The fourth-order valence-corrected chi connectivity index (χ4v) is 3.67. The Kier molecular flexibility index (Phi) is 12.2. The lowest BCUT2D eigenvalue weighted by molar-refractivity contribution is -0.436. The van der Waals surface area contributed by atoms with E-state index in [-0.39, 0.29) is 11.5 Å². The minimum Gasteiger partial charge on any atom is -0.496 e. The Morgan fingerprint density at radius 1 is 0.681 bits per heavy atom. The zero-order valence-electron chi connectivity index (χ0n) is 24.0. The van der Waals surface area contributed by atoms with Crippen LogP contribution in [0.4, 0.5) is 57.1 Å². The van der Waals surface area contributed by atoms with E-state index in [1.165, 1.54) is 7.11 Å². The van der Waals surface area contributed by atoms with Gasteiger partial charge in [-0.25, -0.2) is 9.59 Å². The van der Waals surface area contributed by atoms with Gasteiger partial charge in [0.25, 0.3) is 0 Å². The van der Waals surface area contributed by atoms with Gasteiger partial charge in [0.2, 0.25) is 0 Å². The Bertz CT molecular complexity index is 1450. The summed E-state index contributed by atoms with van der Waals surface area (Å²) in [6.45, 7) is 1.95. The second kappa shape index (κ2) is 14.2. The van der Waals surface area contributed by atoms with Gasteiger partial charge in [-0.2, -0.15) is 57.1 Å². The van der Waals surface area contributed by atoms with Crippen molar-refractivity contribution in [1.82, 2.24) is 0 Å². The van der Waals surface area contributed by atoms with E-state index in [0.717, 1.165) is 5.56 Å². The molecule has 20 heteroatoms. The van der Waals surface area contributed by atoms with Gasteiger partial charge in [-0.3, -0.25) is 0 Å². The van der Waals surface area contributed by atoms with Crippen molar-refractivity contribution in [2.24, 2.45) is 0 Å². The van der Waals surface area contributed by atoms with Gasteiger partial charge in [0.1, 0.15) is 11.3 Å². The molecule has 47 heavy (non-hydrogen) atoms. The maximum atomic E-state index is 12.9. The lowest BCUT2D eigenvalue weighted by atomic mass is 9.89. The monoisotopic (exact) mass is 706 g/mol. The van der Waals surface area contributed by atoms with Gasteiger partial charge in [-0.15, -0.1) is 0 Å². The van der Waals surface area contributed by atoms with Gasteiger partial charge >= 0.3 is 47.7 Å². The van der Waals surface area contributed by atoms with Gasteiger partial charge in [-0.1, -0.05) is 25.1 Å². The van der Waals surface area contributed by atoms with Crippen LogP contribution in [0.5, 0.6) is 17.2 Å². The summed E-state index contributed by atoms with van der Waals surface area (Å²) in [5.41, 5.74) is 1.79. The second-order valence-electron chi connectivity index (χ2n) is 9.16. The van der Waals surface area contributed by atoms with Crippen LogP contribution in [-0.4, -0.2) is 79.3 Å². The Morgan fingerprint density at radius 2 is 1.17 bits per heavy atom. The second-order valence-corrected chi connectivity index (χ2v) is 9.16. The van der Waals surface area contributed by atoms with Gasteiger partial charge in [0, 0.05) is 12.0 Å². The van der Waals surface area contributed by atoms with Gasteiger partial charge < -0.3 is 24.4 Å². The molecule has 0 fully saturated rings. The molecule has 1 atom stereocenters. The predicted molar refractivity (Wildman–Crippen MR) is 135 cm³/mol. The smallest absolute Gasteiger partial charge is 0.460 e. The normalized spacial score (nSPS) is 13.8. The summed E-state index contributed by atoms with van der Waals surface area (Å²) < 4.78 is 178. The van der Waals surface area contributed by atoms with Crippen molar-refractivity contribution in [2.45, 2.75) is 48.6 Å². The third kappa shape index (κ3) is 7.78. The van der Waals surface area contributed by atoms with Crippen LogP contribution in [0.15, 0.2) is 48.6 Å². The van der Waals surface area contributed by atoms with E-state index in [2.05, 4.69) is 0 Å². The number of methoxy groups -OCH3 is 3. The standard InChI is InChI=1S/C18H20O5.C9H3F13O2/c1-11(12-8-9-14(21-2)16(10-12)23-4)13-6-5-7-15(22-3)17(13)18(19)20;10-4(11,2-1-3(23)24)5(12,13)6(14,15)7(16,17)8(18,19)9(20,21)22/h5-11H,1-4H3,(H,19,20);1-2H,(H,23,24). The van der Waals surface area contributed by atoms with Crippen molar-refractivity contribution in [3.8, 4) is 17.2 Å². The van der Waals surface area contributed by atoms with Crippen LogP contribution < -0.4 is 14.2 Å². The Morgan fingerprint density at radius 3 is 1.60 bits per heavy atom. The SMILES string of the molecule is COc1ccc(C(C)c2cccc(OC)c2C(=O)O)cc1OC.O=C(O)C=CC(F)(F)C(F)(F)C(F)(F)C(F)(F)C(F)(F)C(F)(F)F. The molecule has 0 bridgehead atoms. The van der Waals surface area contributed by atoms with Crippen LogP contribution in [0.25, 0.3) is 0 Å². The number of aromatic carboxylic acids is 1. The summed E-state index contributed by atoms with van der Waals surface area (Å²) >= 11 is 0. The molecule has 1 unspecified atom stereocenters. The number of carbonyl (C=O) groups is 2. The molecule has 0 aromatic heterocycles. The van der Waals surface area contributed by atoms with Crippen LogP contribution in [0.2, 0.25) is 0 Å². The third-order valence-corrected chi connectivity index (χ3v) is 6.26. The molecule has 0 spiro atoms. The highest BCUT2D eigenvalue weighted by atomic mass is 19.4. The number of rotatable bonds is 12. The lowest BCUT2D eigenvalue weighted by Crippen LogP contribution is -2.69. The summed E-state index contributed by atoms with van der Waals surface area (Å²) in [6, 6.07) is 10.8. The van der Waals surface area contributed by atoms with Crippen molar-refractivity contribution in [3.63, 3.8) is 0 Å². The first-order valence-corrected chi connectivity index (χ1v) is 12.2. The molecule has 2 rings (SSSR count). The Hall–Kier alpha value is -4.39. The molecule has 0 aliphatic heterocycles. The van der Waals surface area contributed by atoms with Crippen molar-refractivity contribution < 1.29 is 91.1 Å². The van der Waals surface area contributed by atoms with Crippen molar-refractivity contribution in [1.29, 1.82) is 0 Å². The summed E-state index contributed by atoms with van der Waals surface area (Å²) in [4.78, 5) is 21.5. The highest BCUT2D eigenvalue weighted by Crippen LogP contribution is 2.60. The number of carboxylic acid groups (broad SMARTS) is 2. The van der Waals surface area contributed by atoms with Crippen LogP contribution in [0.1, 0.15) is 34.3 Å². The molecule has 0 saturated carbocycles. The van der Waals surface area contributed by atoms with E-state index in [9.17, 15) is 71.8 Å². The van der Waals surface area contributed by atoms with E-state index in [4.69, 9.17) is 19.3 Å². The first-order chi connectivity index (χ1) is 21.2. The fourth-order valence-electron chi connectivity index (χ4n) is 3.67. The number of carboxylic acids is 2. The van der Waals surface area contributed by atoms with Crippen molar-refractivity contribution in [3.05, 3.63) is 65.2 Å². The van der Waals surface area contributed by atoms with Crippen LogP contribution in [0.3, 0.4) is 0 Å². The topological polar surface area (TPSA) is 102 Å². The molecule has 0 radical (unpaired) electrons. The predicted octanol–water partition coefficient (Wildman–Crippen LogP) is 7.93. The molecule has 0 amide bonds. The molecule has 0 saturated heterocycles. The van der Waals surface area contributed by atoms with Gasteiger partial charge in [0.05, 0.1) is 21.3 Å². The quantitative estimate of drug-likeness (QED) is 0.171. The molecule has 0 heterocycles. The van der Waals surface area contributed by atoms with Crippen LogP contribution >= 0.6 is 0 Å². The number of allylic oxidation sites excluding steroid dienone is 1. The molecule has 2 N–H and O–H groups in total. The van der Waals surface area contributed by atoms with Gasteiger partial charge in [0.15, 0.2) is 11.5 Å². The molecular weight excluding hydrogens is 683 g/mol. The molecule has 264 valence electrons. The van der Waals surface area contributed by atoms with Crippen LogP contribution in [-0.2, 0) is 4.79 Å². The zero-order chi connectivity index (χ0) is 37.0. The van der Waals surface area contributed by atoms with E-state index < -0.39 is 59.9 Å². The number of alkyl halides is 13. The summed E-state index contributed by atoms with van der Waals surface area (Å²) in [5.74, 6) is -39.8. The Balaban J connectivity index is 0.000000470. The van der Waals surface area contributed by atoms with Crippen molar-refractivity contribution >= 4 is 11.9 Å². The number of aliphatic carboxylic acids is 1. The largest absolute Gasteiger partial charge is 0.496 e. The summed E-state index contributed by atoms with van der Waals surface area (Å²) in [7, 11) is 4.61. The van der Waals surface area contributed by atoms with E-state index in [0.29, 0.717) is 22.8 Å². The molecule has 0 aliphatic carbocycles.